The van der Waals surface area contributed by atoms with E-state index in [1.54, 1.807) is 30.5 Å². The number of hydrogen-bond donors (Lipinski definition) is 1. The van der Waals surface area contributed by atoms with Gasteiger partial charge in [0.2, 0.25) is 5.91 Å². The van der Waals surface area contributed by atoms with Crippen molar-refractivity contribution in [3.63, 3.8) is 0 Å². The van der Waals surface area contributed by atoms with Gasteiger partial charge in [0.25, 0.3) is 5.91 Å². The topological polar surface area (TPSA) is 71.5 Å². The average Bonchev–Trinajstić information content (AvgIpc) is 3.20. The Hall–Kier alpha value is -2.99. The van der Waals surface area contributed by atoms with E-state index in [4.69, 9.17) is 4.74 Å². The van der Waals surface area contributed by atoms with E-state index in [1.165, 1.54) is 0 Å². The molecule has 0 bridgehead atoms. The van der Waals surface area contributed by atoms with E-state index in [2.05, 4.69) is 10.3 Å². The highest BCUT2D eigenvalue weighted by molar-refractivity contribution is 5.92. The Labute approximate surface area is 176 Å². The van der Waals surface area contributed by atoms with Gasteiger partial charge < -0.3 is 15.0 Å². The third-order valence-corrected chi connectivity index (χ3v) is 5.93. The Morgan fingerprint density at radius 3 is 2.60 bits per heavy atom. The largest absolute Gasteiger partial charge is 0.370 e. The van der Waals surface area contributed by atoms with Crippen molar-refractivity contribution < 1.29 is 14.3 Å². The van der Waals surface area contributed by atoms with Crippen molar-refractivity contribution in [2.45, 2.75) is 37.4 Å². The van der Waals surface area contributed by atoms with Crippen LogP contribution in [-0.2, 0) is 9.53 Å². The SMILES string of the molecule is O=C(NCC1CCC2(CCN(C(=O)C=Cc3ccccc3)CC2)O1)c1ccccn1. The number of nitrogens with zero attached hydrogens (tertiary/aromatic N) is 2. The molecule has 6 nitrogen and oxygen atoms in total. The number of piperidine rings is 1. The number of carbonyl (C=O) groups is 2. The van der Waals surface area contributed by atoms with Gasteiger partial charge in [-0.15, -0.1) is 0 Å². The third-order valence-electron chi connectivity index (χ3n) is 5.93. The summed E-state index contributed by atoms with van der Waals surface area (Å²) in [6.07, 6.45) is 8.70. The summed E-state index contributed by atoms with van der Waals surface area (Å²) in [4.78, 5) is 30.6. The van der Waals surface area contributed by atoms with Crippen LogP contribution in [0.4, 0.5) is 0 Å². The molecule has 1 unspecified atom stereocenters. The molecular weight excluding hydrogens is 378 g/mol. The molecule has 6 heteroatoms. The summed E-state index contributed by atoms with van der Waals surface area (Å²) < 4.78 is 6.34. The zero-order chi connectivity index (χ0) is 20.8. The van der Waals surface area contributed by atoms with E-state index < -0.39 is 0 Å². The van der Waals surface area contributed by atoms with E-state index >= 15 is 0 Å². The fraction of sp³-hybridized carbons (Fsp3) is 0.375. The van der Waals surface area contributed by atoms with Crippen molar-refractivity contribution in [1.29, 1.82) is 0 Å². The first kappa shape index (κ1) is 20.3. The molecule has 2 aliphatic rings. The molecule has 1 atom stereocenters. The Morgan fingerprint density at radius 2 is 1.87 bits per heavy atom. The molecule has 1 aromatic carbocycles. The van der Waals surface area contributed by atoms with Crippen molar-refractivity contribution in [3.8, 4) is 0 Å². The van der Waals surface area contributed by atoms with Crippen LogP contribution >= 0.6 is 0 Å². The van der Waals surface area contributed by atoms with E-state index in [0.29, 0.717) is 25.3 Å². The predicted octanol–water partition coefficient (Wildman–Crippen LogP) is 3.07. The van der Waals surface area contributed by atoms with Crippen LogP contribution in [0, 0.1) is 0 Å². The van der Waals surface area contributed by atoms with Crippen LogP contribution in [0.25, 0.3) is 6.08 Å². The highest BCUT2D eigenvalue weighted by Gasteiger charge is 2.42. The Bertz CT molecular complexity index is 890. The summed E-state index contributed by atoms with van der Waals surface area (Å²) in [5.41, 5.74) is 1.27. The summed E-state index contributed by atoms with van der Waals surface area (Å²) in [5.74, 6) is -0.128. The minimum atomic E-state index is -0.175. The lowest BCUT2D eigenvalue weighted by Crippen LogP contribution is -2.46. The number of benzene rings is 1. The van der Waals surface area contributed by atoms with E-state index in [0.717, 1.165) is 31.2 Å². The zero-order valence-corrected chi connectivity index (χ0v) is 17.0. The Kier molecular flexibility index (Phi) is 6.23. The van der Waals surface area contributed by atoms with Gasteiger partial charge in [-0.05, 0) is 49.5 Å². The van der Waals surface area contributed by atoms with Gasteiger partial charge in [-0.3, -0.25) is 14.6 Å². The van der Waals surface area contributed by atoms with Gasteiger partial charge in [0.1, 0.15) is 5.69 Å². The average molecular weight is 405 g/mol. The van der Waals surface area contributed by atoms with Crippen molar-refractivity contribution >= 4 is 17.9 Å². The smallest absolute Gasteiger partial charge is 0.269 e. The molecule has 0 saturated carbocycles. The van der Waals surface area contributed by atoms with Crippen molar-refractivity contribution in [2.75, 3.05) is 19.6 Å². The second-order valence-corrected chi connectivity index (χ2v) is 7.96. The monoisotopic (exact) mass is 405 g/mol. The molecule has 30 heavy (non-hydrogen) atoms. The molecular formula is C24H27N3O3. The van der Waals surface area contributed by atoms with Gasteiger partial charge in [0.15, 0.2) is 0 Å². The van der Waals surface area contributed by atoms with Gasteiger partial charge in [-0.25, -0.2) is 0 Å². The number of hydrogen-bond acceptors (Lipinski definition) is 4. The molecule has 1 N–H and O–H groups in total. The molecule has 3 heterocycles. The quantitative estimate of drug-likeness (QED) is 0.776. The molecule has 156 valence electrons. The normalized spacial score (nSPS) is 20.5. The van der Waals surface area contributed by atoms with Gasteiger partial charge >= 0.3 is 0 Å². The van der Waals surface area contributed by atoms with Crippen molar-refractivity contribution in [3.05, 3.63) is 72.1 Å². The van der Waals surface area contributed by atoms with Gasteiger partial charge in [-0.2, -0.15) is 0 Å². The summed E-state index contributed by atoms with van der Waals surface area (Å²) in [5, 5.41) is 2.92. The van der Waals surface area contributed by atoms with Crippen LogP contribution in [0.2, 0.25) is 0 Å². The molecule has 1 spiro atoms. The van der Waals surface area contributed by atoms with Crippen LogP contribution in [0.1, 0.15) is 41.7 Å². The molecule has 0 radical (unpaired) electrons. The zero-order valence-electron chi connectivity index (χ0n) is 17.0. The minimum Gasteiger partial charge on any atom is -0.370 e. The number of aromatic nitrogens is 1. The standard InChI is InChI=1S/C24H27N3O3/c28-22(10-9-19-6-2-1-3-7-19)27-16-13-24(14-17-27)12-11-20(30-24)18-26-23(29)21-8-4-5-15-25-21/h1-10,15,20H,11-14,16-18H2,(H,26,29). The first-order valence-electron chi connectivity index (χ1n) is 10.5. The highest BCUT2D eigenvalue weighted by Crippen LogP contribution is 2.38. The molecule has 2 amide bonds. The number of rotatable bonds is 5. The molecule has 2 fully saturated rings. The molecule has 2 aromatic rings. The fourth-order valence-electron chi connectivity index (χ4n) is 4.17. The number of ether oxygens (including phenoxy) is 1. The van der Waals surface area contributed by atoms with E-state index in [9.17, 15) is 9.59 Å². The highest BCUT2D eigenvalue weighted by atomic mass is 16.5. The van der Waals surface area contributed by atoms with Crippen LogP contribution in [0.3, 0.4) is 0 Å². The summed E-state index contributed by atoms with van der Waals surface area (Å²) in [6, 6.07) is 15.1. The predicted molar refractivity (Wildman–Crippen MR) is 115 cm³/mol. The van der Waals surface area contributed by atoms with E-state index in [1.807, 2.05) is 41.3 Å². The Morgan fingerprint density at radius 1 is 1.10 bits per heavy atom. The maximum Gasteiger partial charge on any atom is 0.269 e. The number of carbonyl (C=O) groups excluding carboxylic acids is 2. The second-order valence-electron chi connectivity index (χ2n) is 7.96. The number of amides is 2. The lowest BCUT2D eigenvalue weighted by atomic mass is 9.88. The van der Waals surface area contributed by atoms with Crippen molar-refractivity contribution in [1.82, 2.24) is 15.2 Å². The molecule has 2 saturated heterocycles. The molecule has 4 rings (SSSR count). The lowest BCUT2D eigenvalue weighted by Gasteiger charge is -2.38. The van der Waals surface area contributed by atoms with Gasteiger partial charge in [-0.1, -0.05) is 36.4 Å². The molecule has 1 aromatic heterocycles. The number of nitrogens with one attached hydrogen (secondary N) is 1. The first-order valence-corrected chi connectivity index (χ1v) is 10.5. The maximum atomic E-state index is 12.5. The van der Waals surface area contributed by atoms with E-state index in [-0.39, 0.29) is 23.5 Å². The van der Waals surface area contributed by atoms with Crippen LogP contribution in [-0.4, -0.2) is 53.0 Å². The fourth-order valence-corrected chi connectivity index (χ4v) is 4.17. The van der Waals surface area contributed by atoms with Crippen LogP contribution < -0.4 is 5.32 Å². The van der Waals surface area contributed by atoms with Gasteiger partial charge in [0.05, 0.1) is 11.7 Å². The number of likely N-dealkylation sites (tertiary alicyclic amines) is 1. The maximum absolute atomic E-state index is 12.5. The Balaban J connectivity index is 1.23. The molecule has 2 aliphatic heterocycles. The minimum absolute atomic E-state index is 0.0119. The second kappa shape index (κ2) is 9.22. The molecule has 0 aliphatic carbocycles. The third kappa shape index (κ3) is 4.94. The first-order chi connectivity index (χ1) is 14.6. The van der Waals surface area contributed by atoms with Crippen LogP contribution in [0.5, 0.6) is 0 Å². The summed E-state index contributed by atoms with van der Waals surface area (Å²) in [7, 11) is 0. The number of pyridine rings is 1. The lowest BCUT2D eigenvalue weighted by molar-refractivity contribution is -0.132. The van der Waals surface area contributed by atoms with Crippen molar-refractivity contribution in [2.24, 2.45) is 0 Å². The summed E-state index contributed by atoms with van der Waals surface area (Å²) >= 11 is 0. The van der Waals surface area contributed by atoms with Gasteiger partial charge in [0, 0.05) is 31.9 Å². The van der Waals surface area contributed by atoms with Crippen LogP contribution in [0.15, 0.2) is 60.8 Å². The summed E-state index contributed by atoms with van der Waals surface area (Å²) in [6.45, 7) is 1.88.